The molecule has 0 atom stereocenters. The molecule has 1 N–H and O–H groups in total. The summed E-state index contributed by atoms with van der Waals surface area (Å²) in [5, 5.41) is 14.7. The molecule has 0 unspecified atom stereocenters. The molecule has 1 aliphatic carbocycles. The van der Waals surface area contributed by atoms with Gasteiger partial charge in [0.2, 0.25) is 0 Å². The molecule has 2 nitrogen and oxygen atoms in total. The highest BCUT2D eigenvalue weighted by atomic mass is 16.3. The van der Waals surface area contributed by atoms with Crippen molar-refractivity contribution in [1.29, 1.82) is 0 Å². The molecule has 1 aromatic heterocycles. The van der Waals surface area contributed by atoms with E-state index < -0.39 is 5.60 Å². The van der Waals surface area contributed by atoms with Crippen molar-refractivity contribution in [2.75, 3.05) is 0 Å². The van der Waals surface area contributed by atoms with Crippen molar-refractivity contribution >= 4 is 21.9 Å². The van der Waals surface area contributed by atoms with Gasteiger partial charge >= 0.3 is 0 Å². The molecule has 33 heavy (non-hydrogen) atoms. The highest BCUT2D eigenvalue weighted by molar-refractivity contribution is 6.09. The summed E-state index contributed by atoms with van der Waals surface area (Å²) in [5.41, 5.74) is 7.24. The topological polar surface area (TPSA) is 33.4 Å². The lowest BCUT2D eigenvalue weighted by atomic mass is 9.80. The zero-order chi connectivity index (χ0) is 22.0. The van der Waals surface area contributed by atoms with E-state index in [1.807, 2.05) is 72.8 Å². The Morgan fingerprint density at radius 3 is 1.55 bits per heavy atom. The minimum Gasteiger partial charge on any atom is -0.455 e. The van der Waals surface area contributed by atoms with Gasteiger partial charge < -0.3 is 9.52 Å². The van der Waals surface area contributed by atoms with Crippen LogP contribution in [0.5, 0.6) is 0 Å². The lowest BCUT2D eigenvalue weighted by Gasteiger charge is -2.29. The number of benzene rings is 5. The van der Waals surface area contributed by atoms with Crippen LogP contribution in [0.15, 0.2) is 120 Å². The third-order valence-electron chi connectivity index (χ3n) is 6.94. The molecule has 0 radical (unpaired) electrons. The lowest BCUT2D eigenvalue weighted by molar-refractivity contribution is 0.131. The normalized spacial score (nSPS) is 13.8. The molecule has 7 rings (SSSR count). The molecule has 5 aromatic carbocycles. The summed E-state index contributed by atoms with van der Waals surface area (Å²) in [6, 6.07) is 38.8. The van der Waals surface area contributed by atoms with Gasteiger partial charge in [0, 0.05) is 33.0 Å². The van der Waals surface area contributed by atoms with Gasteiger partial charge in [-0.25, -0.2) is 0 Å². The van der Waals surface area contributed by atoms with E-state index in [1.54, 1.807) is 0 Å². The predicted octanol–water partition coefficient (Wildman–Crippen LogP) is 7.52. The SMILES string of the molecule is OC1(c2ccccc2-c2cccc3c2oc2ccccc23)c2ccccc2-c2ccccc21. The summed E-state index contributed by atoms with van der Waals surface area (Å²) in [6.45, 7) is 0. The van der Waals surface area contributed by atoms with Crippen molar-refractivity contribution in [2.24, 2.45) is 0 Å². The summed E-state index contributed by atoms with van der Waals surface area (Å²) in [5.74, 6) is 0. The van der Waals surface area contributed by atoms with Crippen molar-refractivity contribution in [3.05, 3.63) is 132 Å². The number of aliphatic hydroxyl groups is 1. The average Bonchev–Trinajstić information content (AvgIpc) is 3.39. The Balaban J connectivity index is 1.56. The van der Waals surface area contributed by atoms with Crippen LogP contribution in [0.4, 0.5) is 0 Å². The first-order valence-corrected chi connectivity index (χ1v) is 11.2. The number of furan rings is 1. The van der Waals surface area contributed by atoms with Crippen LogP contribution in [-0.2, 0) is 5.60 Å². The number of rotatable bonds is 2. The van der Waals surface area contributed by atoms with Crippen LogP contribution in [-0.4, -0.2) is 5.11 Å². The molecule has 156 valence electrons. The van der Waals surface area contributed by atoms with Gasteiger partial charge in [-0.1, -0.05) is 109 Å². The monoisotopic (exact) mass is 424 g/mol. The van der Waals surface area contributed by atoms with Crippen molar-refractivity contribution in [1.82, 2.24) is 0 Å². The zero-order valence-corrected chi connectivity index (χ0v) is 17.8. The van der Waals surface area contributed by atoms with Crippen molar-refractivity contribution in [3.63, 3.8) is 0 Å². The smallest absolute Gasteiger partial charge is 0.143 e. The Hall–Kier alpha value is -4.14. The van der Waals surface area contributed by atoms with Gasteiger partial charge in [-0.3, -0.25) is 0 Å². The van der Waals surface area contributed by atoms with Gasteiger partial charge in [0.25, 0.3) is 0 Å². The summed E-state index contributed by atoms with van der Waals surface area (Å²) >= 11 is 0. The molecule has 0 amide bonds. The zero-order valence-electron chi connectivity index (χ0n) is 17.8. The summed E-state index contributed by atoms with van der Waals surface area (Å²) in [4.78, 5) is 0. The molecule has 0 spiro atoms. The third kappa shape index (κ3) is 2.41. The number of fused-ring (bicyclic) bond motifs is 6. The Bertz CT molecular complexity index is 1640. The molecule has 0 saturated carbocycles. The van der Waals surface area contributed by atoms with Gasteiger partial charge in [-0.05, 0) is 22.8 Å². The maximum absolute atomic E-state index is 12.5. The van der Waals surface area contributed by atoms with E-state index in [0.717, 1.165) is 60.9 Å². The first kappa shape index (κ1) is 18.4. The number of para-hydroxylation sites is 2. The Kier molecular flexibility index (Phi) is 3.73. The van der Waals surface area contributed by atoms with Crippen LogP contribution >= 0.6 is 0 Å². The van der Waals surface area contributed by atoms with Gasteiger partial charge in [0.05, 0.1) is 0 Å². The van der Waals surface area contributed by atoms with E-state index in [9.17, 15) is 5.11 Å². The van der Waals surface area contributed by atoms with Crippen molar-refractivity contribution < 1.29 is 9.52 Å². The summed E-state index contributed by atoms with van der Waals surface area (Å²) in [6.07, 6.45) is 0. The molecule has 6 aromatic rings. The second-order valence-corrected chi connectivity index (χ2v) is 8.63. The largest absolute Gasteiger partial charge is 0.455 e. The third-order valence-corrected chi connectivity index (χ3v) is 6.94. The van der Waals surface area contributed by atoms with Crippen LogP contribution in [0.3, 0.4) is 0 Å². The van der Waals surface area contributed by atoms with E-state index in [0.29, 0.717) is 0 Å². The van der Waals surface area contributed by atoms with Gasteiger partial charge in [0.1, 0.15) is 16.8 Å². The molecule has 0 saturated heterocycles. The first-order chi connectivity index (χ1) is 16.3. The van der Waals surface area contributed by atoms with Crippen LogP contribution in [0.2, 0.25) is 0 Å². The molecule has 0 bridgehead atoms. The fraction of sp³-hybridized carbons (Fsp3) is 0.0323. The highest BCUT2D eigenvalue weighted by Crippen LogP contribution is 2.53. The fourth-order valence-electron chi connectivity index (χ4n) is 5.49. The maximum atomic E-state index is 12.5. The molecule has 1 heterocycles. The molecule has 0 fully saturated rings. The van der Waals surface area contributed by atoms with E-state index in [4.69, 9.17) is 4.42 Å². The summed E-state index contributed by atoms with van der Waals surface area (Å²) in [7, 11) is 0. The first-order valence-electron chi connectivity index (χ1n) is 11.2. The van der Waals surface area contributed by atoms with Gasteiger partial charge in [-0.15, -0.1) is 0 Å². The van der Waals surface area contributed by atoms with Gasteiger partial charge in [0.15, 0.2) is 0 Å². The van der Waals surface area contributed by atoms with E-state index in [1.165, 1.54) is 0 Å². The highest BCUT2D eigenvalue weighted by Gasteiger charge is 2.44. The van der Waals surface area contributed by atoms with E-state index in [-0.39, 0.29) is 0 Å². The molecular formula is C31H20O2. The van der Waals surface area contributed by atoms with Gasteiger partial charge in [-0.2, -0.15) is 0 Å². The predicted molar refractivity (Wildman–Crippen MR) is 133 cm³/mol. The number of hydrogen-bond acceptors (Lipinski definition) is 2. The molecular weight excluding hydrogens is 404 g/mol. The lowest BCUT2D eigenvalue weighted by Crippen LogP contribution is -2.27. The van der Waals surface area contributed by atoms with E-state index in [2.05, 4.69) is 42.5 Å². The van der Waals surface area contributed by atoms with Crippen molar-refractivity contribution in [2.45, 2.75) is 5.60 Å². The average molecular weight is 424 g/mol. The van der Waals surface area contributed by atoms with E-state index >= 15 is 0 Å². The molecule has 2 heteroatoms. The maximum Gasteiger partial charge on any atom is 0.143 e. The summed E-state index contributed by atoms with van der Waals surface area (Å²) < 4.78 is 6.35. The minimum absolute atomic E-state index is 0.842. The molecule has 1 aliphatic rings. The van der Waals surface area contributed by atoms with Crippen LogP contribution in [0, 0.1) is 0 Å². The standard InChI is InChI=1S/C31H20O2/c32-31(26-16-5-1-10-20(26)21-11-2-6-17-27(21)31)28-18-7-3-12-22(28)24-14-9-15-25-23-13-4-8-19-29(23)33-30(24)25/h1-19,32H. The Morgan fingerprint density at radius 2 is 0.909 bits per heavy atom. The second kappa shape index (κ2) is 6.68. The minimum atomic E-state index is -1.25. The van der Waals surface area contributed by atoms with Crippen LogP contribution in [0.1, 0.15) is 16.7 Å². The van der Waals surface area contributed by atoms with Crippen LogP contribution in [0.25, 0.3) is 44.2 Å². The number of hydrogen-bond donors (Lipinski definition) is 1. The quantitative estimate of drug-likeness (QED) is 0.312. The van der Waals surface area contributed by atoms with Crippen molar-refractivity contribution in [3.8, 4) is 22.3 Å². The Labute approximate surface area is 191 Å². The molecule has 0 aliphatic heterocycles. The second-order valence-electron chi connectivity index (χ2n) is 8.63. The Morgan fingerprint density at radius 1 is 0.455 bits per heavy atom. The fourth-order valence-corrected chi connectivity index (χ4v) is 5.49. The van der Waals surface area contributed by atoms with Crippen LogP contribution < -0.4 is 0 Å².